The van der Waals surface area contributed by atoms with Crippen LogP contribution in [0.1, 0.15) is 54.9 Å². The minimum atomic E-state index is 0.483. The van der Waals surface area contributed by atoms with Crippen molar-refractivity contribution in [1.82, 2.24) is 0 Å². The zero-order chi connectivity index (χ0) is 9.78. The molecule has 1 atom stereocenters. The first-order valence-corrected chi connectivity index (χ1v) is 5.15. The summed E-state index contributed by atoms with van der Waals surface area (Å²) in [4.78, 5) is 0. The van der Waals surface area contributed by atoms with E-state index < -0.39 is 0 Å². The third-order valence-electron chi connectivity index (χ3n) is 5.03. The highest BCUT2D eigenvalue weighted by Gasteiger charge is 2.65. The Morgan fingerprint density at radius 1 is 1.08 bits per heavy atom. The van der Waals surface area contributed by atoms with Gasteiger partial charge in [0.05, 0.1) is 0 Å². The van der Waals surface area contributed by atoms with Crippen LogP contribution >= 0.6 is 0 Å². The third kappa shape index (κ3) is 1.03. The van der Waals surface area contributed by atoms with Crippen LogP contribution in [-0.4, -0.2) is 0 Å². The van der Waals surface area contributed by atoms with E-state index in [1.165, 1.54) is 6.42 Å². The predicted molar refractivity (Wildman–Crippen MR) is 55.1 cm³/mol. The second kappa shape index (κ2) is 2.27. The molecule has 0 radical (unpaired) electrons. The molecule has 0 saturated heterocycles. The van der Waals surface area contributed by atoms with Crippen LogP contribution in [0.25, 0.3) is 0 Å². The van der Waals surface area contributed by atoms with E-state index in [-0.39, 0.29) is 0 Å². The first-order valence-electron chi connectivity index (χ1n) is 5.15. The van der Waals surface area contributed by atoms with Crippen LogP contribution in [0.4, 0.5) is 0 Å². The quantitative estimate of drug-likeness (QED) is 0.582. The maximum absolute atomic E-state index is 2.45. The monoisotopic (exact) mass is 168 g/mol. The van der Waals surface area contributed by atoms with E-state index in [1.807, 2.05) is 0 Å². The maximum Gasteiger partial charge on any atom is -0.0215 e. The van der Waals surface area contributed by atoms with Gasteiger partial charge in [-0.1, -0.05) is 48.5 Å². The molecule has 72 valence electrons. The summed E-state index contributed by atoms with van der Waals surface area (Å²) in [7, 11) is 0. The molecule has 0 amide bonds. The first kappa shape index (κ1) is 10.1. The van der Waals surface area contributed by atoms with Crippen molar-refractivity contribution in [1.29, 1.82) is 0 Å². The van der Waals surface area contributed by atoms with Crippen LogP contribution in [0.5, 0.6) is 0 Å². The summed E-state index contributed by atoms with van der Waals surface area (Å²) >= 11 is 0. The standard InChI is InChI=1S/C12H24/c1-9(2)11(5,6)12(7)8-10(12,3)4/h9H,8H2,1-7H3. The smallest absolute Gasteiger partial charge is 0.0215 e. The van der Waals surface area contributed by atoms with Crippen LogP contribution in [-0.2, 0) is 0 Å². The van der Waals surface area contributed by atoms with Gasteiger partial charge in [0.15, 0.2) is 0 Å². The Kier molecular flexibility index (Phi) is 1.91. The molecule has 1 unspecified atom stereocenters. The van der Waals surface area contributed by atoms with E-state index in [9.17, 15) is 0 Å². The molecule has 0 aromatic carbocycles. The molecule has 0 spiro atoms. The summed E-state index contributed by atoms with van der Waals surface area (Å²) in [5.74, 6) is 0.782. The average molecular weight is 168 g/mol. The van der Waals surface area contributed by atoms with Gasteiger partial charge in [-0.2, -0.15) is 0 Å². The lowest BCUT2D eigenvalue weighted by atomic mass is 9.66. The second-order valence-corrected chi connectivity index (χ2v) is 6.27. The average Bonchev–Trinajstić information content (AvgIpc) is 2.33. The topological polar surface area (TPSA) is 0 Å². The SMILES string of the molecule is CC(C)C(C)(C)C1(C)CC1(C)C. The zero-order valence-corrected chi connectivity index (χ0v) is 9.78. The Bertz CT molecular complexity index is 183. The summed E-state index contributed by atoms with van der Waals surface area (Å²) < 4.78 is 0. The molecule has 1 aliphatic carbocycles. The van der Waals surface area contributed by atoms with Crippen LogP contribution in [0.2, 0.25) is 0 Å². The van der Waals surface area contributed by atoms with Crippen molar-refractivity contribution >= 4 is 0 Å². The molecule has 12 heavy (non-hydrogen) atoms. The Morgan fingerprint density at radius 2 is 1.42 bits per heavy atom. The van der Waals surface area contributed by atoms with Crippen molar-refractivity contribution in [3.8, 4) is 0 Å². The third-order valence-corrected chi connectivity index (χ3v) is 5.03. The summed E-state index contributed by atoms with van der Waals surface area (Å²) in [5, 5.41) is 0. The zero-order valence-electron chi connectivity index (χ0n) is 9.78. The van der Waals surface area contributed by atoms with Crippen LogP contribution < -0.4 is 0 Å². The molecule has 0 heteroatoms. The Hall–Kier alpha value is 0. The van der Waals surface area contributed by atoms with E-state index in [2.05, 4.69) is 48.5 Å². The predicted octanol–water partition coefficient (Wildman–Crippen LogP) is 4.10. The molecule has 0 aliphatic heterocycles. The molecular weight excluding hydrogens is 144 g/mol. The molecule has 1 saturated carbocycles. The molecule has 0 aromatic rings. The normalized spacial score (nSPS) is 34.0. The first-order chi connectivity index (χ1) is 5.15. The van der Waals surface area contributed by atoms with Gasteiger partial charge in [0.25, 0.3) is 0 Å². The highest BCUT2D eigenvalue weighted by molar-refractivity contribution is 5.13. The summed E-state index contributed by atoms with van der Waals surface area (Å²) in [6.45, 7) is 16.8. The number of hydrogen-bond donors (Lipinski definition) is 0. The number of hydrogen-bond acceptors (Lipinski definition) is 0. The van der Waals surface area contributed by atoms with Crippen molar-refractivity contribution in [2.75, 3.05) is 0 Å². The van der Waals surface area contributed by atoms with Crippen molar-refractivity contribution in [3.05, 3.63) is 0 Å². The van der Waals surface area contributed by atoms with Gasteiger partial charge in [0, 0.05) is 0 Å². The van der Waals surface area contributed by atoms with Gasteiger partial charge in [-0.3, -0.25) is 0 Å². The lowest BCUT2D eigenvalue weighted by molar-refractivity contribution is 0.0986. The van der Waals surface area contributed by atoms with Crippen molar-refractivity contribution < 1.29 is 0 Å². The minimum absolute atomic E-state index is 0.483. The van der Waals surface area contributed by atoms with E-state index >= 15 is 0 Å². The van der Waals surface area contributed by atoms with E-state index in [0.29, 0.717) is 16.2 Å². The maximum atomic E-state index is 2.45. The molecule has 0 N–H and O–H groups in total. The summed E-state index contributed by atoms with van der Waals surface area (Å²) in [6.07, 6.45) is 1.39. The van der Waals surface area contributed by atoms with Gasteiger partial charge in [0.2, 0.25) is 0 Å². The Morgan fingerprint density at radius 3 is 1.50 bits per heavy atom. The molecule has 1 aliphatic rings. The molecular formula is C12H24. The van der Waals surface area contributed by atoms with Gasteiger partial charge < -0.3 is 0 Å². The molecule has 0 nitrogen and oxygen atoms in total. The van der Waals surface area contributed by atoms with Crippen LogP contribution in [0.15, 0.2) is 0 Å². The van der Waals surface area contributed by atoms with Crippen molar-refractivity contribution in [2.45, 2.75) is 54.9 Å². The van der Waals surface area contributed by atoms with Gasteiger partial charge in [0.1, 0.15) is 0 Å². The highest BCUT2D eigenvalue weighted by Crippen LogP contribution is 2.72. The fourth-order valence-corrected chi connectivity index (χ4v) is 2.58. The van der Waals surface area contributed by atoms with E-state index in [4.69, 9.17) is 0 Å². The van der Waals surface area contributed by atoms with Gasteiger partial charge in [-0.15, -0.1) is 0 Å². The fraction of sp³-hybridized carbons (Fsp3) is 1.00. The minimum Gasteiger partial charge on any atom is -0.0622 e. The highest BCUT2D eigenvalue weighted by atomic mass is 14.7. The molecule has 1 rings (SSSR count). The molecule has 0 bridgehead atoms. The largest absolute Gasteiger partial charge is 0.0622 e. The van der Waals surface area contributed by atoms with Crippen molar-refractivity contribution in [3.63, 3.8) is 0 Å². The Labute approximate surface area is 77.7 Å². The lowest BCUT2D eigenvalue weighted by Gasteiger charge is -2.39. The lowest BCUT2D eigenvalue weighted by Crippen LogP contribution is -2.32. The Balaban J connectivity index is 2.85. The van der Waals surface area contributed by atoms with Gasteiger partial charge in [-0.25, -0.2) is 0 Å². The summed E-state index contributed by atoms with van der Waals surface area (Å²) in [6, 6.07) is 0. The van der Waals surface area contributed by atoms with Gasteiger partial charge in [-0.05, 0) is 28.6 Å². The van der Waals surface area contributed by atoms with Crippen LogP contribution in [0, 0.1) is 22.2 Å². The van der Waals surface area contributed by atoms with Gasteiger partial charge >= 0.3 is 0 Å². The van der Waals surface area contributed by atoms with E-state index in [0.717, 1.165) is 5.92 Å². The summed E-state index contributed by atoms with van der Waals surface area (Å²) in [5.41, 5.74) is 1.62. The molecule has 0 aromatic heterocycles. The van der Waals surface area contributed by atoms with Crippen molar-refractivity contribution in [2.24, 2.45) is 22.2 Å². The van der Waals surface area contributed by atoms with Crippen LogP contribution in [0.3, 0.4) is 0 Å². The molecule has 1 fully saturated rings. The van der Waals surface area contributed by atoms with E-state index in [1.54, 1.807) is 0 Å². The fourth-order valence-electron chi connectivity index (χ4n) is 2.58. The number of rotatable bonds is 2. The second-order valence-electron chi connectivity index (χ2n) is 6.27. The molecule has 0 heterocycles.